The van der Waals surface area contributed by atoms with E-state index in [0.29, 0.717) is 43.6 Å². The van der Waals surface area contributed by atoms with E-state index in [1.807, 2.05) is 15.9 Å². The summed E-state index contributed by atoms with van der Waals surface area (Å²) in [6.07, 6.45) is 6.10. The zero-order valence-electron chi connectivity index (χ0n) is 21.2. The molecule has 4 aromatic rings. The number of nitrogens with one attached hydrogen (secondary N) is 2. The van der Waals surface area contributed by atoms with Crippen molar-refractivity contribution in [3.63, 3.8) is 0 Å². The average molecular weight is 505 g/mol. The Labute approximate surface area is 214 Å². The monoisotopic (exact) mass is 504 g/mol. The van der Waals surface area contributed by atoms with Crippen LogP contribution in [0.5, 0.6) is 0 Å². The van der Waals surface area contributed by atoms with Crippen molar-refractivity contribution in [2.24, 2.45) is 5.92 Å². The summed E-state index contributed by atoms with van der Waals surface area (Å²) in [6.45, 7) is 9.66. The van der Waals surface area contributed by atoms with E-state index < -0.39 is 0 Å². The van der Waals surface area contributed by atoms with E-state index in [-0.39, 0.29) is 5.91 Å². The number of fused-ring (bicyclic) bond motifs is 6. The van der Waals surface area contributed by atoms with Crippen LogP contribution in [0.3, 0.4) is 0 Å². The zero-order chi connectivity index (χ0) is 24.7. The largest absolute Gasteiger partial charge is 0.372 e. The molecule has 6 heterocycles. The summed E-state index contributed by atoms with van der Waals surface area (Å²) in [4.78, 5) is 25.5. The summed E-state index contributed by atoms with van der Waals surface area (Å²) >= 11 is 1.95. The SMILES string of the molecule is CNC(=O)CN1C[C@@H]2C[C@H]1C[C@H]2c1sc2[nH]c(-c3cn4ncnc4c4c3COC4)c(C(C)C)c2c1C. The molecule has 2 aliphatic heterocycles. The van der Waals surface area contributed by atoms with E-state index in [2.05, 4.69) is 52.3 Å². The highest BCUT2D eigenvalue weighted by molar-refractivity contribution is 7.19. The van der Waals surface area contributed by atoms with Gasteiger partial charge in [-0.05, 0) is 54.2 Å². The Kier molecular flexibility index (Phi) is 5.07. The highest BCUT2D eigenvalue weighted by Crippen LogP contribution is 2.53. The average Bonchev–Trinajstić information content (AvgIpc) is 3.68. The topological polar surface area (TPSA) is 87.6 Å². The Balaban J connectivity index is 1.29. The smallest absolute Gasteiger partial charge is 0.233 e. The molecule has 0 spiro atoms. The molecule has 0 radical (unpaired) electrons. The minimum absolute atomic E-state index is 0.120. The number of aryl methyl sites for hydroxylation is 1. The highest BCUT2D eigenvalue weighted by Gasteiger charge is 2.46. The third-order valence-electron chi connectivity index (χ3n) is 8.70. The van der Waals surface area contributed by atoms with Gasteiger partial charge in [0.1, 0.15) is 11.2 Å². The second-order valence-corrected chi connectivity index (χ2v) is 12.0. The standard InChI is InChI=1S/C27H32N6O2S/c1-13(2)22-23-14(3)25(17-6-16-5-15(17)7-32(16)9-21(34)28-4)36-27(23)31-24(22)18-8-33-26(29-12-30-33)20-11-35-10-19(18)20/h8,12-13,15-17,31H,5-7,9-11H2,1-4H3,(H,28,34)/t15-,16-,17+/m0/s1. The number of carbonyl (C=O) groups is 1. The molecule has 2 bridgehead atoms. The summed E-state index contributed by atoms with van der Waals surface area (Å²) < 4.78 is 7.76. The van der Waals surface area contributed by atoms with Crippen LogP contribution in [0.15, 0.2) is 12.5 Å². The number of hydrogen-bond acceptors (Lipinski definition) is 6. The number of aromatic amines is 1. The normalized spacial score (nSPS) is 23.5. The first-order valence-electron chi connectivity index (χ1n) is 13.0. The number of thiophene rings is 1. The molecule has 9 heteroatoms. The minimum atomic E-state index is 0.120. The second kappa shape index (κ2) is 8.13. The van der Waals surface area contributed by atoms with Gasteiger partial charge in [-0.1, -0.05) is 13.8 Å². The van der Waals surface area contributed by atoms with Crippen LogP contribution in [-0.4, -0.2) is 56.6 Å². The molecule has 36 heavy (non-hydrogen) atoms. The number of carbonyl (C=O) groups excluding carboxylic acids is 1. The number of rotatable bonds is 5. The van der Waals surface area contributed by atoms with Crippen molar-refractivity contribution >= 4 is 33.1 Å². The number of pyridine rings is 1. The first kappa shape index (κ1) is 22.4. The maximum atomic E-state index is 11.9. The maximum absolute atomic E-state index is 11.9. The third kappa shape index (κ3) is 3.15. The molecule has 0 aromatic carbocycles. The van der Waals surface area contributed by atoms with Crippen molar-refractivity contribution in [2.45, 2.75) is 64.7 Å². The maximum Gasteiger partial charge on any atom is 0.233 e. The van der Waals surface area contributed by atoms with E-state index in [4.69, 9.17) is 4.74 Å². The lowest BCUT2D eigenvalue weighted by Crippen LogP contribution is -2.41. The number of H-pyrrole nitrogens is 1. The van der Waals surface area contributed by atoms with E-state index in [1.54, 1.807) is 13.4 Å². The molecule has 1 amide bonds. The highest BCUT2D eigenvalue weighted by atomic mass is 32.1. The van der Waals surface area contributed by atoms with Gasteiger partial charge in [-0.3, -0.25) is 9.69 Å². The van der Waals surface area contributed by atoms with Crippen molar-refractivity contribution in [1.29, 1.82) is 0 Å². The zero-order valence-corrected chi connectivity index (χ0v) is 22.0. The fourth-order valence-electron chi connectivity index (χ4n) is 7.06. The quantitative estimate of drug-likeness (QED) is 0.423. The summed E-state index contributed by atoms with van der Waals surface area (Å²) in [7, 11) is 1.72. The Bertz CT molecular complexity index is 1510. The summed E-state index contributed by atoms with van der Waals surface area (Å²) in [5.41, 5.74) is 8.48. The Morgan fingerprint density at radius 1 is 1.31 bits per heavy atom. The van der Waals surface area contributed by atoms with Crippen LogP contribution >= 0.6 is 11.3 Å². The molecule has 2 N–H and O–H groups in total. The lowest BCUT2D eigenvalue weighted by Gasteiger charge is -2.30. The first-order valence-corrected chi connectivity index (χ1v) is 13.8. The molecule has 3 atom stereocenters. The molecule has 8 nitrogen and oxygen atoms in total. The molecule has 1 saturated heterocycles. The number of aromatic nitrogens is 4. The molecule has 188 valence electrons. The predicted octanol–water partition coefficient (Wildman–Crippen LogP) is 4.32. The van der Waals surface area contributed by atoms with Gasteiger partial charge in [0.05, 0.1) is 25.5 Å². The van der Waals surface area contributed by atoms with E-state index in [9.17, 15) is 4.79 Å². The van der Waals surface area contributed by atoms with Gasteiger partial charge in [0, 0.05) is 47.2 Å². The second-order valence-electron chi connectivity index (χ2n) is 11.0. The van der Waals surface area contributed by atoms with Gasteiger partial charge in [0.15, 0.2) is 5.65 Å². The molecule has 1 saturated carbocycles. The van der Waals surface area contributed by atoms with Crippen LogP contribution in [-0.2, 0) is 22.7 Å². The van der Waals surface area contributed by atoms with E-state index in [1.165, 1.54) is 49.5 Å². The summed E-state index contributed by atoms with van der Waals surface area (Å²) in [6, 6.07) is 0.522. The summed E-state index contributed by atoms with van der Waals surface area (Å²) in [5, 5.41) is 8.62. The van der Waals surface area contributed by atoms with Crippen LogP contribution in [0.25, 0.3) is 27.1 Å². The van der Waals surface area contributed by atoms with Crippen LogP contribution in [0, 0.1) is 12.8 Å². The van der Waals surface area contributed by atoms with Crippen molar-refractivity contribution in [1.82, 2.24) is 29.8 Å². The molecule has 2 fully saturated rings. The number of ether oxygens (including phenoxy) is 1. The molecule has 4 aromatic heterocycles. The molecule has 1 aliphatic carbocycles. The molecular weight excluding hydrogens is 472 g/mol. The van der Waals surface area contributed by atoms with Crippen LogP contribution in [0.1, 0.15) is 65.7 Å². The van der Waals surface area contributed by atoms with Crippen LogP contribution < -0.4 is 5.32 Å². The van der Waals surface area contributed by atoms with Gasteiger partial charge in [-0.15, -0.1) is 11.3 Å². The van der Waals surface area contributed by atoms with Crippen molar-refractivity contribution in [2.75, 3.05) is 20.1 Å². The van der Waals surface area contributed by atoms with Gasteiger partial charge >= 0.3 is 0 Å². The minimum Gasteiger partial charge on any atom is -0.372 e. The number of hydrogen-bond donors (Lipinski definition) is 2. The number of nitrogens with zero attached hydrogens (tertiary/aromatic N) is 4. The number of amides is 1. The lowest BCUT2D eigenvalue weighted by atomic mass is 9.88. The van der Waals surface area contributed by atoms with Gasteiger partial charge < -0.3 is 15.0 Å². The van der Waals surface area contributed by atoms with Crippen molar-refractivity contribution < 1.29 is 9.53 Å². The van der Waals surface area contributed by atoms with Crippen molar-refractivity contribution in [3.8, 4) is 11.3 Å². The van der Waals surface area contributed by atoms with Crippen molar-refractivity contribution in [3.05, 3.63) is 39.7 Å². The number of piperidine rings is 1. The van der Waals surface area contributed by atoms with Gasteiger partial charge in [-0.25, -0.2) is 9.50 Å². The molecular formula is C27H32N6O2S. The number of likely N-dealkylation sites (N-methyl/N-ethyl adjacent to an activating group) is 1. The lowest BCUT2D eigenvalue weighted by molar-refractivity contribution is -0.122. The Morgan fingerprint density at radius 2 is 2.14 bits per heavy atom. The van der Waals surface area contributed by atoms with Gasteiger partial charge in [-0.2, -0.15) is 5.10 Å². The van der Waals surface area contributed by atoms with Gasteiger partial charge in [0.25, 0.3) is 0 Å². The third-order valence-corrected chi connectivity index (χ3v) is 10.0. The Morgan fingerprint density at radius 3 is 2.89 bits per heavy atom. The fraction of sp³-hybridized carbons (Fsp3) is 0.519. The first-order chi connectivity index (χ1) is 17.4. The van der Waals surface area contributed by atoms with E-state index >= 15 is 0 Å². The van der Waals surface area contributed by atoms with E-state index in [0.717, 1.165) is 24.2 Å². The van der Waals surface area contributed by atoms with Crippen LogP contribution in [0.4, 0.5) is 0 Å². The summed E-state index contributed by atoms with van der Waals surface area (Å²) in [5.74, 6) is 1.73. The Hall–Kier alpha value is -2.75. The molecule has 7 rings (SSSR count). The predicted molar refractivity (Wildman–Crippen MR) is 140 cm³/mol. The molecule has 0 unspecified atom stereocenters. The van der Waals surface area contributed by atoms with Gasteiger partial charge in [0.2, 0.25) is 5.91 Å². The fourth-order valence-corrected chi connectivity index (χ4v) is 8.50. The molecule has 3 aliphatic rings. The van der Waals surface area contributed by atoms with Crippen LogP contribution in [0.2, 0.25) is 0 Å². The number of likely N-dealkylation sites (tertiary alicyclic amines) is 1.